The Labute approximate surface area is 124 Å². The second kappa shape index (κ2) is 4.68. The summed E-state index contributed by atoms with van der Waals surface area (Å²) in [7, 11) is -2.97. The minimum absolute atomic E-state index is 0.117. The second-order valence-electron chi connectivity index (χ2n) is 4.74. The van der Waals surface area contributed by atoms with Crippen LogP contribution < -0.4 is 0 Å². The molecule has 2 aromatic rings. The zero-order chi connectivity index (χ0) is 13.6. The predicted molar refractivity (Wildman–Crippen MR) is 79.5 cm³/mol. The van der Waals surface area contributed by atoms with Crippen molar-refractivity contribution in [1.82, 2.24) is 14.5 Å². The van der Waals surface area contributed by atoms with E-state index >= 15 is 0 Å². The number of halogens is 1. The number of H-pyrrole nitrogens is 1. The standard InChI is InChI=1S/C11H12BrN3O2S2/c12-7-4-9-10(13-5-7)15(11(18)14-9)8-2-1-3-19(16,17)6-8/h4-5,8H,1-3,6H2,(H,14,18). The number of nitrogens with zero attached hydrogens (tertiary/aromatic N) is 2. The summed E-state index contributed by atoms with van der Waals surface area (Å²) in [5, 5.41) is 0. The van der Waals surface area contributed by atoms with Crippen LogP contribution in [-0.2, 0) is 9.84 Å². The fourth-order valence-electron chi connectivity index (χ4n) is 2.53. The van der Waals surface area contributed by atoms with Crippen LogP contribution in [0.2, 0.25) is 0 Å². The minimum Gasteiger partial charge on any atom is -0.329 e. The summed E-state index contributed by atoms with van der Waals surface area (Å²) in [6.45, 7) is 0. The molecule has 0 spiro atoms. The van der Waals surface area contributed by atoms with Crippen LogP contribution in [0.3, 0.4) is 0 Å². The number of aromatic amines is 1. The average molecular weight is 362 g/mol. The maximum atomic E-state index is 11.8. The normalized spacial score (nSPS) is 22.7. The molecule has 0 amide bonds. The Morgan fingerprint density at radius 2 is 2.32 bits per heavy atom. The van der Waals surface area contributed by atoms with Gasteiger partial charge >= 0.3 is 0 Å². The third kappa shape index (κ3) is 2.48. The van der Waals surface area contributed by atoms with Crippen molar-refractivity contribution in [3.8, 4) is 0 Å². The quantitative estimate of drug-likeness (QED) is 0.792. The third-order valence-corrected chi connectivity index (χ3v) is 5.86. The summed E-state index contributed by atoms with van der Waals surface area (Å²) in [6.07, 6.45) is 3.19. The molecule has 1 unspecified atom stereocenters. The molecule has 0 bridgehead atoms. The smallest absolute Gasteiger partial charge is 0.179 e. The van der Waals surface area contributed by atoms with E-state index in [4.69, 9.17) is 12.2 Å². The minimum atomic E-state index is -2.97. The van der Waals surface area contributed by atoms with Gasteiger partial charge in [-0.05, 0) is 47.1 Å². The number of pyridine rings is 1. The van der Waals surface area contributed by atoms with Crippen LogP contribution in [0.4, 0.5) is 0 Å². The SMILES string of the molecule is O=S1(=O)CCCC(n2c(=S)[nH]c3cc(Br)cnc32)C1. The molecule has 102 valence electrons. The Hall–Kier alpha value is -0.730. The van der Waals surface area contributed by atoms with Crippen LogP contribution >= 0.6 is 28.1 Å². The van der Waals surface area contributed by atoms with E-state index in [1.165, 1.54) is 0 Å². The highest BCUT2D eigenvalue weighted by Crippen LogP contribution is 2.27. The van der Waals surface area contributed by atoms with Gasteiger partial charge in [-0.25, -0.2) is 13.4 Å². The summed E-state index contributed by atoms with van der Waals surface area (Å²) in [4.78, 5) is 7.43. The number of hydrogen-bond donors (Lipinski definition) is 1. The van der Waals surface area contributed by atoms with Gasteiger partial charge in [0, 0.05) is 10.7 Å². The predicted octanol–water partition coefficient (Wildman–Crippen LogP) is 2.61. The van der Waals surface area contributed by atoms with Gasteiger partial charge in [-0.15, -0.1) is 0 Å². The van der Waals surface area contributed by atoms with Gasteiger partial charge in [0.15, 0.2) is 20.3 Å². The molecule has 3 heterocycles. The Balaban J connectivity index is 2.15. The van der Waals surface area contributed by atoms with Gasteiger partial charge in [0.25, 0.3) is 0 Å². The summed E-state index contributed by atoms with van der Waals surface area (Å²) in [5.41, 5.74) is 1.54. The Bertz CT molecular complexity index is 794. The molecule has 1 fully saturated rings. The van der Waals surface area contributed by atoms with Crippen molar-refractivity contribution in [2.75, 3.05) is 11.5 Å². The van der Waals surface area contributed by atoms with Gasteiger partial charge in [0.05, 0.1) is 23.1 Å². The molecule has 1 aliphatic heterocycles. The Morgan fingerprint density at radius 1 is 1.53 bits per heavy atom. The fraction of sp³-hybridized carbons (Fsp3) is 0.455. The van der Waals surface area contributed by atoms with Gasteiger partial charge in [0.2, 0.25) is 0 Å². The van der Waals surface area contributed by atoms with E-state index in [2.05, 4.69) is 25.9 Å². The van der Waals surface area contributed by atoms with Crippen LogP contribution in [0.5, 0.6) is 0 Å². The topological polar surface area (TPSA) is 67.8 Å². The number of imidazole rings is 1. The van der Waals surface area contributed by atoms with E-state index in [9.17, 15) is 8.42 Å². The molecule has 0 aromatic carbocycles. The van der Waals surface area contributed by atoms with Gasteiger partial charge in [-0.3, -0.25) is 4.57 Å². The molecule has 1 N–H and O–H groups in total. The van der Waals surface area contributed by atoms with Crippen molar-refractivity contribution in [3.63, 3.8) is 0 Å². The number of sulfone groups is 1. The monoisotopic (exact) mass is 361 g/mol. The highest BCUT2D eigenvalue weighted by molar-refractivity contribution is 9.10. The number of fused-ring (bicyclic) bond motifs is 1. The van der Waals surface area contributed by atoms with Crippen molar-refractivity contribution in [1.29, 1.82) is 0 Å². The molecule has 1 aliphatic rings. The van der Waals surface area contributed by atoms with Crippen molar-refractivity contribution >= 4 is 49.1 Å². The molecule has 5 nitrogen and oxygen atoms in total. The highest BCUT2D eigenvalue weighted by atomic mass is 79.9. The summed E-state index contributed by atoms with van der Waals surface area (Å²) in [5.74, 6) is 0.421. The zero-order valence-corrected chi connectivity index (χ0v) is 13.2. The molecule has 2 aromatic heterocycles. The number of aromatic nitrogens is 3. The zero-order valence-electron chi connectivity index (χ0n) is 9.97. The first kappa shape index (κ1) is 13.3. The number of rotatable bonds is 1. The number of nitrogens with one attached hydrogen (secondary N) is 1. The average Bonchev–Trinajstić information content (AvgIpc) is 2.62. The molecule has 1 saturated heterocycles. The fourth-order valence-corrected chi connectivity index (χ4v) is 4.88. The largest absolute Gasteiger partial charge is 0.329 e. The first-order valence-electron chi connectivity index (χ1n) is 5.92. The van der Waals surface area contributed by atoms with Crippen molar-refractivity contribution in [2.24, 2.45) is 0 Å². The molecule has 0 aliphatic carbocycles. The van der Waals surface area contributed by atoms with E-state index in [0.29, 0.717) is 11.2 Å². The first-order valence-corrected chi connectivity index (χ1v) is 8.95. The van der Waals surface area contributed by atoms with E-state index in [1.807, 2.05) is 10.6 Å². The Morgan fingerprint density at radius 3 is 3.05 bits per heavy atom. The molecule has 3 rings (SSSR count). The molecule has 1 atom stereocenters. The van der Waals surface area contributed by atoms with Crippen LogP contribution in [0.25, 0.3) is 11.2 Å². The maximum Gasteiger partial charge on any atom is 0.179 e. The highest BCUT2D eigenvalue weighted by Gasteiger charge is 2.27. The lowest BCUT2D eigenvalue weighted by Crippen LogP contribution is -2.27. The van der Waals surface area contributed by atoms with Gasteiger partial charge in [-0.2, -0.15) is 0 Å². The van der Waals surface area contributed by atoms with E-state index in [-0.39, 0.29) is 17.5 Å². The summed E-state index contributed by atoms with van der Waals surface area (Å²) >= 11 is 8.67. The third-order valence-electron chi connectivity index (χ3n) is 3.33. The van der Waals surface area contributed by atoms with Gasteiger partial charge in [-0.1, -0.05) is 0 Å². The van der Waals surface area contributed by atoms with Crippen molar-refractivity contribution in [3.05, 3.63) is 21.5 Å². The lowest BCUT2D eigenvalue weighted by Gasteiger charge is -2.23. The van der Waals surface area contributed by atoms with E-state index < -0.39 is 9.84 Å². The molecular formula is C11H12BrN3O2S2. The maximum absolute atomic E-state index is 11.8. The molecule has 0 radical (unpaired) electrons. The second-order valence-corrected chi connectivity index (χ2v) is 8.27. The van der Waals surface area contributed by atoms with Crippen LogP contribution in [0.15, 0.2) is 16.7 Å². The van der Waals surface area contributed by atoms with Crippen LogP contribution in [-0.4, -0.2) is 34.5 Å². The van der Waals surface area contributed by atoms with Crippen LogP contribution in [0, 0.1) is 4.77 Å². The van der Waals surface area contributed by atoms with E-state index in [1.54, 1.807) is 6.20 Å². The number of hydrogen-bond acceptors (Lipinski definition) is 4. The van der Waals surface area contributed by atoms with E-state index in [0.717, 1.165) is 22.1 Å². The molecular weight excluding hydrogens is 350 g/mol. The molecule has 8 heteroatoms. The van der Waals surface area contributed by atoms with Crippen LogP contribution in [0.1, 0.15) is 18.9 Å². The lowest BCUT2D eigenvalue weighted by atomic mass is 10.2. The summed E-state index contributed by atoms with van der Waals surface area (Å²) in [6, 6.07) is 1.78. The van der Waals surface area contributed by atoms with Crippen molar-refractivity contribution in [2.45, 2.75) is 18.9 Å². The summed E-state index contributed by atoms with van der Waals surface area (Å²) < 4.78 is 26.8. The first-order chi connectivity index (χ1) is 8.96. The lowest BCUT2D eigenvalue weighted by molar-refractivity contribution is 0.473. The Kier molecular flexibility index (Phi) is 3.26. The van der Waals surface area contributed by atoms with Crippen molar-refractivity contribution < 1.29 is 8.42 Å². The van der Waals surface area contributed by atoms with Gasteiger partial charge in [0.1, 0.15) is 0 Å². The molecule has 0 saturated carbocycles. The van der Waals surface area contributed by atoms with Gasteiger partial charge < -0.3 is 4.98 Å². The molecule has 19 heavy (non-hydrogen) atoms.